The molecule has 112 valence electrons. The molecule has 0 spiro atoms. The van der Waals surface area contributed by atoms with Crippen molar-refractivity contribution < 1.29 is 5.11 Å². The van der Waals surface area contributed by atoms with Crippen molar-refractivity contribution in [3.63, 3.8) is 0 Å². The first-order valence-corrected chi connectivity index (χ1v) is 7.40. The SMILES string of the molecule is Cc1ccc(-n2nc(C)nc2[C@H]2C[C@@H](N)[C@H](O)C2)c(C)c1. The van der Waals surface area contributed by atoms with Gasteiger partial charge in [-0.1, -0.05) is 17.7 Å². The number of hydrogen-bond acceptors (Lipinski definition) is 4. The molecule has 0 saturated heterocycles. The van der Waals surface area contributed by atoms with Crippen LogP contribution >= 0.6 is 0 Å². The van der Waals surface area contributed by atoms with Crippen molar-refractivity contribution in [2.24, 2.45) is 5.73 Å². The van der Waals surface area contributed by atoms with Crippen molar-refractivity contribution >= 4 is 0 Å². The second-order valence-corrected chi connectivity index (χ2v) is 6.12. The van der Waals surface area contributed by atoms with Crippen molar-refractivity contribution in [3.8, 4) is 5.69 Å². The molecule has 2 aromatic rings. The molecule has 3 N–H and O–H groups in total. The Bertz CT molecular complexity index is 654. The number of aromatic nitrogens is 3. The van der Waals surface area contributed by atoms with Crippen LogP contribution in [0, 0.1) is 20.8 Å². The minimum atomic E-state index is -0.445. The van der Waals surface area contributed by atoms with Gasteiger partial charge in [0.15, 0.2) is 0 Å². The van der Waals surface area contributed by atoms with Gasteiger partial charge in [0.25, 0.3) is 0 Å². The van der Waals surface area contributed by atoms with Crippen LogP contribution in [0.1, 0.15) is 41.5 Å². The van der Waals surface area contributed by atoms with Gasteiger partial charge in [-0.2, -0.15) is 5.10 Å². The van der Waals surface area contributed by atoms with Crippen LogP contribution in [0.15, 0.2) is 18.2 Å². The monoisotopic (exact) mass is 286 g/mol. The summed E-state index contributed by atoms with van der Waals surface area (Å²) < 4.78 is 1.92. The summed E-state index contributed by atoms with van der Waals surface area (Å²) in [5.41, 5.74) is 9.39. The summed E-state index contributed by atoms with van der Waals surface area (Å²) in [7, 11) is 0. The van der Waals surface area contributed by atoms with Crippen molar-refractivity contribution in [2.75, 3.05) is 0 Å². The van der Waals surface area contributed by atoms with Gasteiger partial charge in [0.2, 0.25) is 0 Å². The van der Waals surface area contributed by atoms with Gasteiger partial charge in [-0.05, 0) is 45.2 Å². The third kappa shape index (κ3) is 2.59. The van der Waals surface area contributed by atoms with Crippen LogP contribution in [0.25, 0.3) is 5.69 Å². The summed E-state index contributed by atoms with van der Waals surface area (Å²) in [6.07, 6.45) is 0.966. The van der Waals surface area contributed by atoms with Crippen LogP contribution in [0.4, 0.5) is 0 Å². The normalized spacial score (nSPS) is 25.5. The smallest absolute Gasteiger partial charge is 0.148 e. The summed E-state index contributed by atoms with van der Waals surface area (Å²) in [5.74, 6) is 1.82. The molecule has 21 heavy (non-hydrogen) atoms. The van der Waals surface area contributed by atoms with Crippen LogP contribution in [0.3, 0.4) is 0 Å². The lowest BCUT2D eigenvalue weighted by Crippen LogP contribution is -2.28. The minimum Gasteiger partial charge on any atom is -0.391 e. The van der Waals surface area contributed by atoms with Crippen molar-refractivity contribution in [2.45, 2.75) is 51.7 Å². The van der Waals surface area contributed by atoms with Crippen LogP contribution < -0.4 is 5.73 Å². The molecule has 1 aromatic carbocycles. The van der Waals surface area contributed by atoms with Gasteiger partial charge in [-0.25, -0.2) is 9.67 Å². The zero-order chi connectivity index (χ0) is 15.1. The summed E-state index contributed by atoms with van der Waals surface area (Å²) >= 11 is 0. The Hall–Kier alpha value is -1.72. The van der Waals surface area contributed by atoms with E-state index in [1.54, 1.807) is 0 Å². The zero-order valence-electron chi connectivity index (χ0n) is 12.7. The number of nitrogens with two attached hydrogens (primary N) is 1. The van der Waals surface area contributed by atoms with E-state index < -0.39 is 6.10 Å². The highest BCUT2D eigenvalue weighted by Crippen LogP contribution is 2.34. The first-order chi connectivity index (χ1) is 9.95. The molecule has 1 aliphatic carbocycles. The lowest BCUT2D eigenvalue weighted by Gasteiger charge is -2.13. The predicted molar refractivity (Wildman–Crippen MR) is 81.5 cm³/mol. The number of aryl methyl sites for hydroxylation is 3. The molecule has 1 fully saturated rings. The van der Waals surface area contributed by atoms with Crippen LogP contribution in [0.5, 0.6) is 0 Å². The first kappa shape index (κ1) is 14.2. The van der Waals surface area contributed by atoms with Crippen molar-refractivity contribution in [3.05, 3.63) is 41.0 Å². The lowest BCUT2D eigenvalue weighted by atomic mass is 10.1. The number of hydrogen-bond donors (Lipinski definition) is 2. The van der Waals surface area contributed by atoms with E-state index in [0.29, 0.717) is 6.42 Å². The van der Waals surface area contributed by atoms with E-state index >= 15 is 0 Å². The fourth-order valence-corrected chi connectivity index (χ4v) is 3.17. The van der Waals surface area contributed by atoms with Crippen LogP contribution in [-0.4, -0.2) is 32.0 Å². The highest BCUT2D eigenvalue weighted by atomic mass is 16.3. The predicted octanol–water partition coefficient (Wildman–Crippen LogP) is 1.76. The molecule has 1 saturated carbocycles. The van der Waals surface area contributed by atoms with Gasteiger partial charge in [0.05, 0.1) is 11.8 Å². The molecule has 5 heteroatoms. The van der Waals surface area contributed by atoms with E-state index in [1.807, 2.05) is 11.6 Å². The average Bonchev–Trinajstić information content (AvgIpc) is 2.93. The molecule has 0 bridgehead atoms. The van der Waals surface area contributed by atoms with Crippen LogP contribution in [0.2, 0.25) is 0 Å². The molecule has 1 aliphatic rings. The quantitative estimate of drug-likeness (QED) is 0.882. The van der Waals surface area contributed by atoms with Crippen molar-refractivity contribution in [1.29, 1.82) is 0 Å². The third-order valence-electron chi connectivity index (χ3n) is 4.26. The van der Waals surface area contributed by atoms with E-state index in [-0.39, 0.29) is 12.0 Å². The van der Waals surface area contributed by atoms with E-state index in [9.17, 15) is 5.11 Å². The standard InChI is InChI=1S/C16H22N4O/c1-9-4-5-14(10(2)6-9)20-16(18-11(3)19-20)12-7-13(17)15(21)8-12/h4-6,12-13,15,21H,7-8,17H2,1-3H3/t12-,13+,15+/m0/s1. The van der Waals surface area contributed by atoms with Gasteiger partial charge in [-0.3, -0.25) is 0 Å². The van der Waals surface area contributed by atoms with E-state index in [2.05, 4.69) is 42.1 Å². The van der Waals surface area contributed by atoms with Crippen molar-refractivity contribution in [1.82, 2.24) is 14.8 Å². The zero-order valence-corrected chi connectivity index (χ0v) is 12.7. The molecular weight excluding hydrogens is 264 g/mol. The Kier molecular flexibility index (Phi) is 3.55. The van der Waals surface area contributed by atoms with Gasteiger partial charge in [-0.15, -0.1) is 0 Å². The number of nitrogens with zero attached hydrogens (tertiary/aromatic N) is 3. The number of aliphatic hydroxyl groups is 1. The van der Waals surface area contributed by atoms with E-state index in [4.69, 9.17) is 5.73 Å². The maximum atomic E-state index is 9.91. The second-order valence-electron chi connectivity index (χ2n) is 6.12. The van der Waals surface area contributed by atoms with Gasteiger partial charge >= 0.3 is 0 Å². The molecular formula is C16H22N4O. The van der Waals surface area contributed by atoms with Gasteiger partial charge in [0, 0.05) is 12.0 Å². The largest absolute Gasteiger partial charge is 0.391 e. The summed E-state index contributed by atoms with van der Waals surface area (Å²) in [5, 5.41) is 14.5. The summed E-state index contributed by atoms with van der Waals surface area (Å²) in [6.45, 7) is 6.06. The molecule has 1 aromatic heterocycles. The molecule has 3 rings (SSSR count). The molecule has 0 amide bonds. The highest BCUT2D eigenvalue weighted by molar-refractivity contribution is 5.42. The fraction of sp³-hybridized carbons (Fsp3) is 0.500. The summed E-state index contributed by atoms with van der Waals surface area (Å²) in [4.78, 5) is 4.59. The molecule has 3 atom stereocenters. The van der Waals surface area contributed by atoms with Crippen LogP contribution in [-0.2, 0) is 0 Å². The summed E-state index contributed by atoms with van der Waals surface area (Å²) in [6, 6.07) is 6.14. The fourth-order valence-electron chi connectivity index (χ4n) is 3.17. The molecule has 0 aliphatic heterocycles. The molecule has 0 radical (unpaired) electrons. The maximum Gasteiger partial charge on any atom is 0.148 e. The Morgan fingerprint density at radius 2 is 2.00 bits per heavy atom. The van der Waals surface area contributed by atoms with Gasteiger partial charge in [0.1, 0.15) is 11.6 Å². The number of benzene rings is 1. The molecule has 0 unspecified atom stereocenters. The maximum absolute atomic E-state index is 9.91. The van der Waals surface area contributed by atoms with E-state index in [0.717, 1.165) is 23.8 Å². The Morgan fingerprint density at radius 1 is 1.24 bits per heavy atom. The molecule has 1 heterocycles. The number of rotatable bonds is 2. The highest BCUT2D eigenvalue weighted by Gasteiger charge is 2.34. The van der Waals surface area contributed by atoms with E-state index in [1.165, 1.54) is 11.1 Å². The lowest BCUT2D eigenvalue weighted by molar-refractivity contribution is 0.163. The number of aliphatic hydroxyl groups excluding tert-OH is 1. The topological polar surface area (TPSA) is 77.0 Å². The Morgan fingerprint density at radius 3 is 2.62 bits per heavy atom. The first-order valence-electron chi connectivity index (χ1n) is 7.40. The Labute approximate surface area is 124 Å². The van der Waals surface area contributed by atoms with Gasteiger partial charge < -0.3 is 10.8 Å². The third-order valence-corrected chi connectivity index (χ3v) is 4.26. The minimum absolute atomic E-state index is 0.164. The molecule has 5 nitrogen and oxygen atoms in total. The Balaban J connectivity index is 2.04. The second kappa shape index (κ2) is 5.24. The average molecular weight is 286 g/mol.